The normalized spacial score (nSPS) is 21.9. The second-order valence-electron chi connectivity index (χ2n) is 11.0. The van der Waals surface area contributed by atoms with Crippen molar-refractivity contribution in [3.05, 3.63) is 90.3 Å². The molecule has 1 heterocycles. The number of hydrogen-bond acceptors (Lipinski definition) is 4. The lowest BCUT2D eigenvalue weighted by Gasteiger charge is -2.48. The molecule has 0 saturated heterocycles. The minimum Gasteiger partial charge on any atom is -0.508 e. The van der Waals surface area contributed by atoms with Crippen LogP contribution in [0, 0.1) is 23.1 Å². The van der Waals surface area contributed by atoms with Crippen molar-refractivity contribution < 1.29 is 14.3 Å². The zero-order valence-electron chi connectivity index (χ0n) is 25.8. The minimum atomic E-state index is -0.293. The second-order valence-corrected chi connectivity index (χ2v) is 11.0. The average molecular weight is 562 g/mol. The van der Waals surface area contributed by atoms with Crippen LogP contribution in [0.25, 0.3) is 11.3 Å². The summed E-state index contributed by atoms with van der Waals surface area (Å²) >= 11 is 0. The van der Waals surface area contributed by atoms with Crippen LogP contribution in [0.1, 0.15) is 85.8 Å². The molecule has 6 heteroatoms. The molecule has 2 bridgehead atoms. The summed E-state index contributed by atoms with van der Waals surface area (Å²) in [6.07, 6.45) is 12.6. The first-order chi connectivity index (χ1) is 19.7. The Bertz CT molecular complexity index is 1250. The number of nitrogens with one attached hydrogen (secondary N) is 1. The number of benzene rings is 1. The van der Waals surface area contributed by atoms with E-state index in [0.717, 1.165) is 36.9 Å². The Hall–Kier alpha value is -3.54. The summed E-state index contributed by atoms with van der Waals surface area (Å²) in [5, 5.41) is 12.5. The number of aliphatic hydroxyl groups is 1. The molecule has 1 aromatic heterocycles. The largest absolute Gasteiger partial charge is 0.508 e. The van der Waals surface area contributed by atoms with Gasteiger partial charge >= 0.3 is 0 Å². The van der Waals surface area contributed by atoms with Crippen molar-refractivity contribution in [1.29, 1.82) is 0 Å². The number of nitrogens with zero attached hydrogens (tertiary/aromatic N) is 2. The first kappa shape index (κ1) is 33.7. The number of aromatic nitrogens is 2. The average Bonchev–Trinajstić information content (AvgIpc) is 2.97. The van der Waals surface area contributed by atoms with Crippen LogP contribution in [0.2, 0.25) is 0 Å². The lowest BCUT2D eigenvalue weighted by Crippen LogP contribution is -2.37. The third kappa shape index (κ3) is 9.24. The zero-order chi connectivity index (χ0) is 30.6. The molecule has 5 nitrogen and oxygen atoms in total. The molecule has 0 spiro atoms. The standard InChI is InChI=1S/C31H38FN3O2.C2H6.C2H4/c1-5-26(36)8-6-7-9-29(37)35-30-27(34-28(19-33-30)23-10-12-25(32)13-11-23)18-31-15-20(2)14-24(17-31)22(4)21(3)16-31;2*1-2/h5-6,8,10-13,19-21,36H,7,9,14-18H2,1-4H3,(H,33,35,37);1-2H3;1-2H2/b8-6-,26-5+;;. The topological polar surface area (TPSA) is 75.1 Å². The first-order valence-corrected chi connectivity index (χ1v) is 14.8. The van der Waals surface area contributed by atoms with Gasteiger partial charge in [-0.05, 0) is 106 Å². The summed E-state index contributed by atoms with van der Waals surface area (Å²) in [4.78, 5) is 22.4. The maximum absolute atomic E-state index is 13.5. The molecule has 222 valence electrons. The lowest BCUT2D eigenvalue weighted by molar-refractivity contribution is -0.116. The number of allylic oxidation sites excluding steroid dienone is 5. The van der Waals surface area contributed by atoms with Crippen molar-refractivity contribution in [2.24, 2.45) is 17.3 Å². The van der Waals surface area contributed by atoms with E-state index in [4.69, 9.17) is 4.98 Å². The van der Waals surface area contributed by atoms with E-state index in [1.165, 1.54) is 18.6 Å². The van der Waals surface area contributed by atoms with E-state index in [0.29, 0.717) is 29.8 Å². The van der Waals surface area contributed by atoms with Crippen LogP contribution in [0.4, 0.5) is 10.2 Å². The van der Waals surface area contributed by atoms with Crippen molar-refractivity contribution in [3.63, 3.8) is 0 Å². The number of carbonyl (C=O) groups is 1. The van der Waals surface area contributed by atoms with Gasteiger partial charge in [-0.1, -0.05) is 44.9 Å². The Labute approximate surface area is 246 Å². The van der Waals surface area contributed by atoms with E-state index in [1.54, 1.807) is 54.6 Å². The molecule has 41 heavy (non-hydrogen) atoms. The Morgan fingerprint density at radius 2 is 1.88 bits per heavy atom. The van der Waals surface area contributed by atoms with Gasteiger partial charge in [-0.15, -0.1) is 13.2 Å². The summed E-state index contributed by atoms with van der Waals surface area (Å²) in [5.74, 6) is 1.39. The van der Waals surface area contributed by atoms with Crippen molar-refractivity contribution in [1.82, 2.24) is 9.97 Å². The molecule has 1 saturated carbocycles. The first-order valence-electron chi connectivity index (χ1n) is 14.8. The van der Waals surface area contributed by atoms with Crippen molar-refractivity contribution in [3.8, 4) is 11.3 Å². The van der Waals surface area contributed by atoms with Gasteiger partial charge in [0.25, 0.3) is 0 Å². The lowest BCUT2D eigenvalue weighted by atomic mass is 9.57. The predicted molar refractivity (Wildman–Crippen MR) is 169 cm³/mol. The molecule has 2 aromatic rings. The monoisotopic (exact) mass is 561 g/mol. The van der Waals surface area contributed by atoms with Crippen molar-refractivity contribution in [2.45, 2.75) is 86.5 Å². The van der Waals surface area contributed by atoms with Crippen LogP contribution in [0.3, 0.4) is 0 Å². The number of aliphatic hydroxyl groups excluding tert-OH is 1. The Morgan fingerprint density at radius 3 is 2.54 bits per heavy atom. The molecule has 3 atom stereocenters. The third-order valence-corrected chi connectivity index (χ3v) is 7.91. The number of amides is 1. The molecule has 2 aliphatic rings. The molecule has 3 unspecified atom stereocenters. The molecular formula is C35H48FN3O2. The quantitative estimate of drug-likeness (QED) is 0.191. The highest BCUT2D eigenvalue weighted by Crippen LogP contribution is 2.54. The van der Waals surface area contributed by atoms with Gasteiger partial charge in [0.15, 0.2) is 5.82 Å². The van der Waals surface area contributed by atoms with E-state index in [2.05, 4.69) is 44.2 Å². The van der Waals surface area contributed by atoms with Crippen LogP contribution in [-0.4, -0.2) is 21.0 Å². The molecule has 0 radical (unpaired) electrons. The third-order valence-electron chi connectivity index (χ3n) is 7.91. The number of anilines is 1. The molecule has 1 aromatic carbocycles. The maximum atomic E-state index is 13.5. The summed E-state index contributed by atoms with van der Waals surface area (Å²) in [5.41, 5.74) is 5.48. The fraction of sp³-hybridized carbons (Fsp3) is 0.457. The predicted octanol–water partition coefficient (Wildman–Crippen LogP) is 9.55. The van der Waals surface area contributed by atoms with Gasteiger partial charge in [-0.3, -0.25) is 4.79 Å². The Balaban J connectivity index is 0.00000141. The van der Waals surface area contributed by atoms with Crippen molar-refractivity contribution >= 4 is 11.7 Å². The van der Waals surface area contributed by atoms with Crippen LogP contribution in [0.5, 0.6) is 0 Å². The fourth-order valence-electron chi connectivity index (χ4n) is 6.12. The molecule has 2 N–H and O–H groups in total. The van der Waals surface area contributed by atoms with Crippen LogP contribution in [0.15, 0.2) is 78.8 Å². The summed E-state index contributed by atoms with van der Waals surface area (Å²) in [6, 6.07) is 6.27. The zero-order valence-corrected chi connectivity index (χ0v) is 25.8. The van der Waals surface area contributed by atoms with E-state index in [9.17, 15) is 14.3 Å². The van der Waals surface area contributed by atoms with Gasteiger partial charge < -0.3 is 10.4 Å². The van der Waals surface area contributed by atoms with Crippen LogP contribution in [-0.2, 0) is 11.2 Å². The fourth-order valence-corrected chi connectivity index (χ4v) is 6.12. The van der Waals surface area contributed by atoms with E-state index in [-0.39, 0.29) is 29.3 Å². The van der Waals surface area contributed by atoms with E-state index in [1.807, 2.05) is 13.8 Å². The summed E-state index contributed by atoms with van der Waals surface area (Å²) < 4.78 is 13.5. The van der Waals surface area contributed by atoms with Gasteiger partial charge in [0.2, 0.25) is 5.91 Å². The summed E-state index contributed by atoms with van der Waals surface area (Å²) in [6.45, 7) is 18.7. The van der Waals surface area contributed by atoms with E-state index < -0.39 is 0 Å². The maximum Gasteiger partial charge on any atom is 0.225 e. The molecule has 0 aliphatic heterocycles. The van der Waals surface area contributed by atoms with Gasteiger partial charge in [0.05, 0.1) is 17.6 Å². The highest BCUT2D eigenvalue weighted by Gasteiger charge is 2.43. The number of halogens is 1. The van der Waals surface area contributed by atoms with E-state index >= 15 is 0 Å². The molecule has 4 rings (SSSR count). The Kier molecular flexibility index (Phi) is 13.2. The van der Waals surface area contributed by atoms with Gasteiger partial charge in [0.1, 0.15) is 11.6 Å². The number of hydrogen-bond donors (Lipinski definition) is 2. The minimum absolute atomic E-state index is 0.0915. The highest BCUT2D eigenvalue weighted by molar-refractivity contribution is 5.90. The molecule has 1 amide bonds. The molecule has 2 aliphatic carbocycles. The summed E-state index contributed by atoms with van der Waals surface area (Å²) in [7, 11) is 0. The van der Waals surface area contributed by atoms with Gasteiger partial charge in [-0.2, -0.15) is 0 Å². The Morgan fingerprint density at radius 1 is 1.20 bits per heavy atom. The number of fused-ring (bicyclic) bond motifs is 2. The highest BCUT2D eigenvalue weighted by atomic mass is 19.1. The van der Waals surface area contributed by atoms with Crippen LogP contribution >= 0.6 is 0 Å². The second kappa shape index (κ2) is 16.0. The molecule has 1 fully saturated rings. The SMILES string of the molecule is C/C=C(O)\C=C/CCC(=O)Nc1ncc(-c2ccc(F)cc2)nc1CC12CC(=C(C)C(C)C1)CC(C)C2.C=C.CC. The number of rotatable bonds is 8. The van der Waals surface area contributed by atoms with Crippen molar-refractivity contribution in [2.75, 3.05) is 5.32 Å². The van der Waals surface area contributed by atoms with Crippen LogP contribution < -0.4 is 5.32 Å². The number of carbonyl (C=O) groups excluding carboxylic acids is 1. The van der Waals surface area contributed by atoms with Gasteiger partial charge in [-0.25, -0.2) is 14.4 Å². The molecular weight excluding hydrogens is 513 g/mol. The smallest absolute Gasteiger partial charge is 0.225 e. The van der Waals surface area contributed by atoms with Gasteiger partial charge in [0, 0.05) is 12.0 Å².